The second-order valence-corrected chi connectivity index (χ2v) is 9.83. The number of benzene rings is 2. The Bertz CT molecular complexity index is 1080. The molecule has 166 valence electrons. The Morgan fingerprint density at radius 2 is 1.81 bits per heavy atom. The monoisotopic (exact) mass is 536 g/mol. The van der Waals surface area contributed by atoms with Crippen molar-refractivity contribution in [1.29, 1.82) is 0 Å². The van der Waals surface area contributed by atoms with E-state index in [1.807, 2.05) is 74.6 Å². The first-order valence-electron chi connectivity index (χ1n) is 9.78. The van der Waals surface area contributed by atoms with Crippen LogP contribution >= 0.6 is 0 Å². The number of alkyl halides is 2. The number of nitrogens with zero attached hydrogens (tertiary/aromatic N) is 3. The topological polar surface area (TPSA) is 68.0 Å². The summed E-state index contributed by atoms with van der Waals surface area (Å²) in [5.74, 6) is 0. The van der Waals surface area contributed by atoms with E-state index in [1.165, 1.54) is 7.11 Å². The molecule has 3 aromatic rings. The first-order valence-corrected chi connectivity index (χ1v) is 12.8. The molecular formula is C23H27IN3O4-. The summed E-state index contributed by atoms with van der Waals surface area (Å²) in [7, 11) is 7.54. The summed E-state index contributed by atoms with van der Waals surface area (Å²) in [5.41, 5.74) is 4.07. The van der Waals surface area contributed by atoms with Gasteiger partial charge in [-0.2, -0.15) is 0 Å². The summed E-state index contributed by atoms with van der Waals surface area (Å²) in [6.45, 7) is 0.900. The summed E-state index contributed by atoms with van der Waals surface area (Å²) in [5, 5.41) is 0. The Labute approximate surface area is 192 Å². The molecule has 0 saturated heterocycles. The van der Waals surface area contributed by atoms with Crippen molar-refractivity contribution in [2.75, 3.05) is 53.6 Å². The summed E-state index contributed by atoms with van der Waals surface area (Å²) >= 11 is -0.0663. The van der Waals surface area contributed by atoms with Crippen LogP contribution in [0.2, 0.25) is 0 Å². The third kappa shape index (κ3) is 6.52. The molecule has 0 aliphatic carbocycles. The van der Waals surface area contributed by atoms with E-state index < -0.39 is 5.63 Å². The van der Waals surface area contributed by atoms with Crippen LogP contribution in [0.25, 0.3) is 23.3 Å². The van der Waals surface area contributed by atoms with Crippen LogP contribution in [0.15, 0.2) is 51.7 Å². The molecule has 0 radical (unpaired) electrons. The van der Waals surface area contributed by atoms with Crippen LogP contribution in [0.5, 0.6) is 0 Å². The van der Waals surface area contributed by atoms with E-state index in [2.05, 4.69) is 14.8 Å². The molecule has 1 aromatic heterocycles. The Balaban J connectivity index is 1.71. The van der Waals surface area contributed by atoms with Crippen molar-refractivity contribution in [3.63, 3.8) is 0 Å². The fraction of sp³-hybridized carbons (Fsp3) is 0.304. The van der Waals surface area contributed by atoms with E-state index in [9.17, 15) is 4.79 Å². The van der Waals surface area contributed by atoms with Gasteiger partial charge in [-0.15, -0.1) is 0 Å². The van der Waals surface area contributed by atoms with Crippen molar-refractivity contribution in [2.45, 2.75) is 0 Å². The predicted octanol–water partition coefficient (Wildman–Crippen LogP) is 0.485. The van der Waals surface area contributed by atoms with Gasteiger partial charge in [-0.25, -0.2) is 0 Å². The van der Waals surface area contributed by atoms with E-state index >= 15 is 0 Å². The number of anilines is 2. The maximum absolute atomic E-state index is 12.4. The van der Waals surface area contributed by atoms with Gasteiger partial charge in [0, 0.05) is 19.8 Å². The normalized spacial score (nSPS) is 11.5. The fourth-order valence-corrected chi connectivity index (χ4v) is 4.66. The molecule has 8 heteroatoms. The number of aromatic nitrogens is 1. The third-order valence-electron chi connectivity index (χ3n) is 4.67. The van der Waals surface area contributed by atoms with Gasteiger partial charge < -0.3 is 4.90 Å². The molecule has 2 aromatic carbocycles. The average Bonchev–Trinajstić information content (AvgIpc) is 2.77. The molecule has 7 nitrogen and oxygen atoms in total. The fourth-order valence-electron chi connectivity index (χ4n) is 2.85. The van der Waals surface area contributed by atoms with E-state index in [0.29, 0.717) is 15.7 Å². The molecule has 31 heavy (non-hydrogen) atoms. The molecule has 0 amide bonds. The molecule has 0 aliphatic rings. The summed E-state index contributed by atoms with van der Waals surface area (Å²) in [4.78, 5) is 30.6. The molecule has 0 fully saturated rings. The van der Waals surface area contributed by atoms with Crippen LogP contribution < -0.4 is 36.6 Å². The Hall–Kier alpha value is -2.43. The minimum atomic E-state index is -0.448. The number of halogens is 1. The molecular weight excluding hydrogens is 509 g/mol. The van der Waals surface area contributed by atoms with Gasteiger partial charge in [0.2, 0.25) is 0 Å². The molecule has 0 aliphatic heterocycles. The van der Waals surface area contributed by atoms with Crippen molar-refractivity contribution < 1.29 is 35.4 Å². The Morgan fingerprint density at radius 1 is 1.06 bits per heavy atom. The summed E-state index contributed by atoms with van der Waals surface area (Å²) in [6.07, 6.45) is 3.56. The molecule has 0 bridgehead atoms. The van der Waals surface area contributed by atoms with Gasteiger partial charge in [-0.05, 0) is 12.1 Å². The number of hydrogen-bond acceptors (Lipinski definition) is 7. The molecule has 3 rings (SSSR count). The van der Waals surface area contributed by atoms with Crippen LogP contribution in [0.1, 0.15) is 11.3 Å². The molecule has 1 heterocycles. The standard InChI is InChI=1S/C23H27IN3O4/c1-26(2)18-8-5-17(6-9-18)7-11-21-23(28)31-22-15-19(10-12-20(22)25-21)27(3)14-13-24-16-30-29-4/h5-12,15H,13-14,16H2,1-4H3/q-1/b11-7+. The quantitative estimate of drug-likeness (QED) is 0.123. The Morgan fingerprint density at radius 3 is 2.52 bits per heavy atom. The first-order chi connectivity index (χ1) is 15.0. The van der Waals surface area contributed by atoms with Gasteiger partial charge in [0.25, 0.3) is 0 Å². The van der Waals surface area contributed by atoms with Crippen LogP contribution in [0, 0.1) is 0 Å². The third-order valence-corrected chi connectivity index (χ3v) is 6.61. The SMILES string of the molecule is COOC[I-]CCN(C)c1ccc2nc(/C=C/c3ccc(N(C)C)cc3)c(=O)oc2c1. The van der Waals surface area contributed by atoms with Crippen molar-refractivity contribution in [3.8, 4) is 0 Å². The van der Waals surface area contributed by atoms with E-state index in [4.69, 9.17) is 9.30 Å². The summed E-state index contributed by atoms with van der Waals surface area (Å²) < 4.78 is 7.29. The van der Waals surface area contributed by atoms with Gasteiger partial charge in [0.1, 0.15) is 0 Å². The van der Waals surface area contributed by atoms with Crippen LogP contribution in [0.3, 0.4) is 0 Å². The first kappa shape index (κ1) is 23.2. The molecule has 0 unspecified atom stereocenters. The van der Waals surface area contributed by atoms with Crippen molar-refractivity contribution >= 4 is 34.6 Å². The number of hydrogen-bond donors (Lipinski definition) is 0. The molecule has 0 atom stereocenters. The van der Waals surface area contributed by atoms with Gasteiger partial charge >= 0.3 is 144 Å². The predicted molar refractivity (Wildman–Crippen MR) is 121 cm³/mol. The van der Waals surface area contributed by atoms with E-state index in [-0.39, 0.29) is 26.9 Å². The van der Waals surface area contributed by atoms with Gasteiger partial charge in [-0.1, -0.05) is 12.1 Å². The average molecular weight is 536 g/mol. The zero-order valence-corrected chi connectivity index (χ0v) is 20.3. The van der Waals surface area contributed by atoms with Crippen molar-refractivity contribution in [3.05, 3.63) is 64.1 Å². The zero-order chi connectivity index (χ0) is 22.2. The van der Waals surface area contributed by atoms with E-state index in [1.54, 1.807) is 6.08 Å². The minimum absolute atomic E-state index is 0.0663. The second kappa shape index (κ2) is 11.3. The molecule has 0 saturated carbocycles. The van der Waals surface area contributed by atoms with Crippen LogP contribution in [-0.2, 0) is 9.78 Å². The van der Waals surface area contributed by atoms with Gasteiger partial charge in [-0.3, -0.25) is 0 Å². The number of rotatable bonds is 10. The van der Waals surface area contributed by atoms with Gasteiger partial charge in [0.05, 0.1) is 0 Å². The van der Waals surface area contributed by atoms with E-state index in [0.717, 1.165) is 27.9 Å². The second-order valence-electron chi connectivity index (χ2n) is 7.05. The molecule has 0 N–H and O–H groups in total. The Kier molecular flexibility index (Phi) is 8.44. The van der Waals surface area contributed by atoms with Crippen molar-refractivity contribution in [2.24, 2.45) is 0 Å². The molecule has 0 spiro atoms. The van der Waals surface area contributed by atoms with Crippen LogP contribution in [-0.4, -0.2) is 48.8 Å². The zero-order valence-electron chi connectivity index (χ0n) is 18.2. The van der Waals surface area contributed by atoms with Crippen molar-refractivity contribution in [1.82, 2.24) is 4.98 Å². The van der Waals surface area contributed by atoms with Gasteiger partial charge in [0.15, 0.2) is 0 Å². The van der Waals surface area contributed by atoms with Crippen LogP contribution in [0.4, 0.5) is 11.4 Å². The maximum atomic E-state index is 12.4. The number of fused-ring (bicyclic) bond motifs is 1. The summed E-state index contributed by atoms with van der Waals surface area (Å²) in [6, 6.07) is 13.8.